The van der Waals surface area contributed by atoms with Crippen molar-refractivity contribution in [3.63, 3.8) is 0 Å². The van der Waals surface area contributed by atoms with Crippen LogP contribution in [-0.4, -0.2) is 58.4 Å². The van der Waals surface area contributed by atoms with Gasteiger partial charge in [0.1, 0.15) is 6.04 Å². The largest absolute Gasteiger partial charge is 0.480 e. The van der Waals surface area contributed by atoms with E-state index in [4.69, 9.17) is 0 Å². The van der Waals surface area contributed by atoms with Crippen molar-refractivity contribution in [3.8, 4) is 0 Å². The number of aromatic nitrogens is 2. The summed E-state index contributed by atoms with van der Waals surface area (Å²) in [5.41, 5.74) is 0.717. The highest BCUT2D eigenvalue weighted by atomic mass is 16.9. The summed E-state index contributed by atoms with van der Waals surface area (Å²) in [6.07, 6.45) is 6.83. The van der Waals surface area contributed by atoms with Gasteiger partial charge in [-0.1, -0.05) is 6.42 Å². The van der Waals surface area contributed by atoms with Crippen molar-refractivity contribution in [2.45, 2.75) is 38.1 Å². The van der Waals surface area contributed by atoms with Crippen LogP contribution in [0, 0.1) is 10.1 Å². The number of H-pyrrole nitrogens is 1. The molecule has 10 nitrogen and oxygen atoms in total. The number of imidazole rings is 1. The van der Waals surface area contributed by atoms with Crippen LogP contribution in [0.1, 0.15) is 31.4 Å². The van der Waals surface area contributed by atoms with Crippen LogP contribution in [0.15, 0.2) is 12.5 Å². The summed E-state index contributed by atoms with van der Waals surface area (Å²) in [5.74, 6) is -0.886. The van der Waals surface area contributed by atoms with Crippen LogP contribution < -0.4 is 10.6 Å². The molecule has 0 spiro atoms. The third-order valence-corrected chi connectivity index (χ3v) is 3.38. The van der Waals surface area contributed by atoms with Gasteiger partial charge < -0.3 is 25.6 Å². The van der Waals surface area contributed by atoms with Gasteiger partial charge in [0.25, 0.3) is 5.09 Å². The standard InChI is InChI=1S/C14H25N5O5/c20-14(21)13(9-12-10-16-11-18-12)17-7-4-6-15-5-2-1-3-8-24-19(22)23/h10-11,13,15,17H,1-9H2,(H,16,18)(H,20,21)/t13-/m0/s1. The minimum Gasteiger partial charge on any atom is -0.480 e. The maximum Gasteiger partial charge on any atom is 0.321 e. The number of aromatic amines is 1. The van der Waals surface area contributed by atoms with Gasteiger partial charge in [-0.2, -0.15) is 0 Å². The van der Waals surface area contributed by atoms with Crippen molar-refractivity contribution in [1.29, 1.82) is 0 Å². The van der Waals surface area contributed by atoms with Crippen LogP contribution in [0.25, 0.3) is 0 Å². The van der Waals surface area contributed by atoms with Gasteiger partial charge in [0.05, 0.1) is 18.6 Å². The lowest BCUT2D eigenvalue weighted by atomic mass is 10.1. The Morgan fingerprint density at radius 2 is 2.12 bits per heavy atom. The van der Waals surface area contributed by atoms with Crippen LogP contribution in [-0.2, 0) is 16.1 Å². The maximum atomic E-state index is 11.2. The molecule has 0 unspecified atom stereocenters. The molecule has 10 heteroatoms. The molecule has 1 heterocycles. The second-order valence-electron chi connectivity index (χ2n) is 5.33. The fourth-order valence-electron chi connectivity index (χ4n) is 2.14. The zero-order chi connectivity index (χ0) is 17.6. The molecular weight excluding hydrogens is 318 g/mol. The van der Waals surface area contributed by atoms with Crippen LogP contribution in [0.4, 0.5) is 0 Å². The lowest BCUT2D eigenvalue weighted by molar-refractivity contribution is -0.757. The smallest absolute Gasteiger partial charge is 0.321 e. The van der Waals surface area contributed by atoms with E-state index >= 15 is 0 Å². The molecule has 0 fully saturated rings. The van der Waals surface area contributed by atoms with Gasteiger partial charge in [0.2, 0.25) is 0 Å². The Morgan fingerprint density at radius 1 is 1.33 bits per heavy atom. The predicted molar refractivity (Wildman–Crippen MR) is 86.0 cm³/mol. The number of aliphatic carboxylic acids is 1. The minimum atomic E-state index is -0.886. The average Bonchev–Trinajstić information content (AvgIpc) is 3.04. The van der Waals surface area contributed by atoms with Crippen molar-refractivity contribution in [3.05, 3.63) is 28.3 Å². The molecule has 0 aliphatic carbocycles. The highest BCUT2D eigenvalue weighted by molar-refractivity contribution is 5.73. The lowest BCUT2D eigenvalue weighted by Crippen LogP contribution is -2.39. The Kier molecular flexibility index (Phi) is 10.1. The number of rotatable bonds is 15. The number of carboxylic acid groups (broad SMARTS) is 1. The van der Waals surface area contributed by atoms with Gasteiger partial charge >= 0.3 is 5.97 Å². The van der Waals surface area contributed by atoms with E-state index in [1.54, 1.807) is 6.20 Å². The molecule has 1 atom stereocenters. The van der Waals surface area contributed by atoms with Gasteiger partial charge in [0.15, 0.2) is 0 Å². The molecule has 0 aliphatic rings. The number of hydrogen-bond donors (Lipinski definition) is 4. The first-order chi connectivity index (χ1) is 11.6. The van der Waals surface area contributed by atoms with Crippen LogP contribution in [0.5, 0.6) is 0 Å². The number of carbonyl (C=O) groups is 1. The highest BCUT2D eigenvalue weighted by Gasteiger charge is 2.17. The van der Waals surface area contributed by atoms with Crippen LogP contribution in [0.3, 0.4) is 0 Å². The van der Waals surface area contributed by atoms with E-state index in [1.165, 1.54) is 6.33 Å². The summed E-state index contributed by atoms with van der Waals surface area (Å²) >= 11 is 0. The number of nitrogens with zero attached hydrogens (tertiary/aromatic N) is 2. The zero-order valence-electron chi connectivity index (χ0n) is 13.6. The molecule has 0 aliphatic heterocycles. The van der Waals surface area contributed by atoms with Gasteiger partial charge in [-0.05, 0) is 38.9 Å². The first kappa shape index (κ1) is 19.8. The van der Waals surface area contributed by atoms with E-state index in [-0.39, 0.29) is 6.61 Å². The van der Waals surface area contributed by atoms with Crippen molar-refractivity contribution in [2.75, 3.05) is 26.2 Å². The summed E-state index contributed by atoms with van der Waals surface area (Å²) in [6.45, 7) is 2.36. The summed E-state index contributed by atoms with van der Waals surface area (Å²) < 4.78 is 0. The SMILES string of the molecule is O=C(O)[C@H](Cc1c[nH]cn1)NCCCNCCCCCO[N+](=O)[O-]. The van der Waals surface area contributed by atoms with E-state index in [2.05, 4.69) is 25.4 Å². The molecular formula is C14H25N5O5. The summed E-state index contributed by atoms with van der Waals surface area (Å²) in [4.78, 5) is 32.2. The summed E-state index contributed by atoms with van der Waals surface area (Å²) in [5, 5.41) is 24.6. The fourth-order valence-corrected chi connectivity index (χ4v) is 2.14. The quantitative estimate of drug-likeness (QED) is 0.203. The second-order valence-corrected chi connectivity index (χ2v) is 5.33. The summed E-state index contributed by atoms with van der Waals surface area (Å²) in [6, 6.07) is -0.644. The molecule has 0 saturated carbocycles. The molecule has 0 aromatic carbocycles. The monoisotopic (exact) mass is 343 g/mol. The molecule has 24 heavy (non-hydrogen) atoms. The fraction of sp³-hybridized carbons (Fsp3) is 0.714. The van der Waals surface area contributed by atoms with Gasteiger partial charge in [-0.15, -0.1) is 10.1 Å². The Hall–Kier alpha value is -2.20. The highest BCUT2D eigenvalue weighted by Crippen LogP contribution is 1.99. The Bertz CT molecular complexity index is 468. The van der Waals surface area contributed by atoms with E-state index < -0.39 is 17.1 Å². The average molecular weight is 343 g/mol. The summed E-state index contributed by atoms with van der Waals surface area (Å²) in [7, 11) is 0. The van der Waals surface area contributed by atoms with Crippen molar-refractivity contribution < 1.29 is 19.8 Å². The number of carboxylic acids is 1. The molecule has 0 amide bonds. The molecule has 0 radical (unpaired) electrons. The second kappa shape index (κ2) is 12.3. The first-order valence-corrected chi connectivity index (χ1v) is 8.01. The third kappa shape index (κ3) is 9.74. The Labute approximate surface area is 140 Å². The number of nitrogens with one attached hydrogen (secondary N) is 3. The van der Waals surface area contributed by atoms with Gasteiger partial charge in [-0.25, -0.2) is 4.98 Å². The molecule has 1 aromatic heterocycles. The Balaban J connectivity index is 1.96. The van der Waals surface area contributed by atoms with Gasteiger partial charge in [0, 0.05) is 12.6 Å². The molecule has 0 saturated heterocycles. The molecule has 0 bridgehead atoms. The van der Waals surface area contributed by atoms with Crippen LogP contribution >= 0.6 is 0 Å². The van der Waals surface area contributed by atoms with Crippen molar-refractivity contribution >= 4 is 5.97 Å². The molecule has 4 N–H and O–H groups in total. The predicted octanol–water partition coefficient (Wildman–Crippen LogP) is 0.353. The molecule has 1 aromatic rings. The van der Waals surface area contributed by atoms with E-state index in [9.17, 15) is 20.0 Å². The van der Waals surface area contributed by atoms with Gasteiger partial charge in [-0.3, -0.25) is 4.79 Å². The van der Waals surface area contributed by atoms with Crippen molar-refractivity contribution in [1.82, 2.24) is 20.6 Å². The first-order valence-electron chi connectivity index (χ1n) is 8.01. The number of hydrogen-bond acceptors (Lipinski definition) is 7. The Morgan fingerprint density at radius 3 is 2.79 bits per heavy atom. The van der Waals surface area contributed by atoms with Crippen molar-refractivity contribution in [2.24, 2.45) is 0 Å². The van der Waals surface area contributed by atoms with Crippen LogP contribution in [0.2, 0.25) is 0 Å². The lowest BCUT2D eigenvalue weighted by Gasteiger charge is -2.13. The molecule has 1 rings (SSSR count). The third-order valence-electron chi connectivity index (χ3n) is 3.38. The zero-order valence-corrected chi connectivity index (χ0v) is 13.6. The number of unbranched alkanes of at least 4 members (excludes halogenated alkanes) is 2. The van der Waals surface area contributed by atoms with E-state index in [1.807, 2.05) is 0 Å². The maximum absolute atomic E-state index is 11.2. The van der Waals surface area contributed by atoms with E-state index in [0.717, 1.165) is 32.4 Å². The molecule has 136 valence electrons. The minimum absolute atomic E-state index is 0.142. The normalized spacial score (nSPS) is 12.0. The van der Waals surface area contributed by atoms with E-state index in [0.29, 0.717) is 25.1 Å². The topological polar surface area (TPSA) is 142 Å².